The van der Waals surface area contributed by atoms with Gasteiger partial charge in [-0.25, -0.2) is 9.37 Å². The minimum atomic E-state index is -0.309. The van der Waals surface area contributed by atoms with Crippen LogP contribution in [0, 0.1) is 5.82 Å². The molecule has 0 saturated carbocycles. The zero-order chi connectivity index (χ0) is 11.7. The standard InChI is InChI=1S/C12H13FN2O2/c13-8-1-2-10-11(5-8)17-12(15-10)6-9-7-14-3-4-16-9/h1-2,5,9,14H,3-4,6-7H2. The van der Waals surface area contributed by atoms with Crippen molar-refractivity contribution in [2.45, 2.75) is 12.5 Å². The Balaban J connectivity index is 1.80. The molecule has 2 heterocycles. The molecule has 1 unspecified atom stereocenters. The maximum Gasteiger partial charge on any atom is 0.198 e. The molecular weight excluding hydrogens is 223 g/mol. The minimum absolute atomic E-state index is 0.0849. The number of halogens is 1. The van der Waals surface area contributed by atoms with E-state index in [1.807, 2.05) is 0 Å². The molecule has 5 heteroatoms. The first kappa shape index (κ1) is 10.7. The maximum atomic E-state index is 13.0. The van der Waals surface area contributed by atoms with Gasteiger partial charge in [0.1, 0.15) is 11.3 Å². The molecule has 1 aliphatic rings. The second-order valence-electron chi connectivity index (χ2n) is 4.12. The summed E-state index contributed by atoms with van der Waals surface area (Å²) in [5.74, 6) is 0.287. The van der Waals surface area contributed by atoms with Crippen LogP contribution >= 0.6 is 0 Å². The van der Waals surface area contributed by atoms with E-state index in [1.54, 1.807) is 6.07 Å². The highest BCUT2D eigenvalue weighted by Gasteiger charge is 2.17. The molecular formula is C12H13FN2O2. The van der Waals surface area contributed by atoms with Gasteiger partial charge >= 0.3 is 0 Å². The average molecular weight is 236 g/mol. The van der Waals surface area contributed by atoms with Crippen molar-refractivity contribution in [1.29, 1.82) is 0 Å². The van der Waals surface area contributed by atoms with E-state index in [0.29, 0.717) is 30.0 Å². The van der Waals surface area contributed by atoms with Gasteiger partial charge in [0.2, 0.25) is 0 Å². The van der Waals surface area contributed by atoms with Gasteiger partial charge < -0.3 is 14.5 Å². The molecule has 3 rings (SSSR count). The van der Waals surface area contributed by atoms with Gasteiger partial charge in [-0.1, -0.05) is 0 Å². The molecule has 0 aliphatic carbocycles. The smallest absolute Gasteiger partial charge is 0.198 e. The summed E-state index contributed by atoms with van der Waals surface area (Å²) in [6, 6.07) is 4.36. The molecule has 0 spiro atoms. The number of fused-ring (bicyclic) bond motifs is 1. The Morgan fingerprint density at radius 2 is 2.41 bits per heavy atom. The van der Waals surface area contributed by atoms with Crippen molar-refractivity contribution in [1.82, 2.24) is 10.3 Å². The number of nitrogens with zero attached hydrogens (tertiary/aromatic N) is 1. The molecule has 1 saturated heterocycles. The first-order valence-electron chi connectivity index (χ1n) is 5.68. The molecule has 1 N–H and O–H groups in total. The van der Waals surface area contributed by atoms with E-state index < -0.39 is 0 Å². The number of oxazole rings is 1. The van der Waals surface area contributed by atoms with Crippen molar-refractivity contribution in [3.05, 3.63) is 29.9 Å². The first-order valence-corrected chi connectivity index (χ1v) is 5.68. The summed E-state index contributed by atoms with van der Waals surface area (Å²) in [6.45, 7) is 2.39. The summed E-state index contributed by atoms with van der Waals surface area (Å²) in [6.07, 6.45) is 0.699. The van der Waals surface area contributed by atoms with Gasteiger partial charge in [-0.3, -0.25) is 0 Å². The van der Waals surface area contributed by atoms with Crippen molar-refractivity contribution in [2.24, 2.45) is 0 Å². The zero-order valence-electron chi connectivity index (χ0n) is 9.28. The van der Waals surface area contributed by atoms with Crippen molar-refractivity contribution < 1.29 is 13.5 Å². The maximum absolute atomic E-state index is 13.0. The van der Waals surface area contributed by atoms with E-state index in [9.17, 15) is 4.39 Å². The summed E-state index contributed by atoms with van der Waals surface area (Å²) in [7, 11) is 0. The molecule has 1 atom stereocenters. The summed E-state index contributed by atoms with van der Waals surface area (Å²) in [5, 5.41) is 3.24. The van der Waals surface area contributed by atoms with Crippen molar-refractivity contribution in [2.75, 3.05) is 19.7 Å². The number of aromatic nitrogens is 1. The minimum Gasteiger partial charge on any atom is -0.440 e. The molecule has 1 aliphatic heterocycles. The van der Waals surface area contributed by atoms with Crippen LogP contribution in [-0.4, -0.2) is 30.8 Å². The molecule has 0 bridgehead atoms. The third kappa shape index (κ3) is 2.30. The van der Waals surface area contributed by atoms with E-state index in [1.165, 1.54) is 12.1 Å². The van der Waals surface area contributed by atoms with Crippen LogP contribution in [-0.2, 0) is 11.2 Å². The van der Waals surface area contributed by atoms with Gasteiger partial charge in [-0.15, -0.1) is 0 Å². The summed E-state index contributed by atoms with van der Waals surface area (Å²) >= 11 is 0. The Morgan fingerprint density at radius 1 is 1.47 bits per heavy atom. The predicted octanol–water partition coefficient (Wildman–Crippen LogP) is 1.50. The van der Waals surface area contributed by atoms with Crippen LogP contribution in [0.3, 0.4) is 0 Å². The Bertz CT molecular complexity index is 520. The lowest BCUT2D eigenvalue weighted by Crippen LogP contribution is -2.39. The van der Waals surface area contributed by atoms with Crippen LogP contribution in [0.25, 0.3) is 11.1 Å². The molecule has 1 fully saturated rings. The largest absolute Gasteiger partial charge is 0.440 e. The zero-order valence-corrected chi connectivity index (χ0v) is 9.28. The van der Waals surface area contributed by atoms with E-state index in [2.05, 4.69) is 10.3 Å². The third-order valence-electron chi connectivity index (χ3n) is 2.80. The number of morpholine rings is 1. The van der Waals surface area contributed by atoms with Crippen LogP contribution in [0.15, 0.2) is 22.6 Å². The van der Waals surface area contributed by atoms with Gasteiger partial charge in [0, 0.05) is 19.2 Å². The molecule has 90 valence electrons. The number of ether oxygens (including phenoxy) is 1. The van der Waals surface area contributed by atoms with E-state index in [4.69, 9.17) is 9.15 Å². The fraction of sp³-hybridized carbons (Fsp3) is 0.417. The number of benzene rings is 1. The Kier molecular flexibility index (Phi) is 2.78. The summed E-state index contributed by atoms with van der Waals surface area (Å²) in [5.41, 5.74) is 1.17. The lowest BCUT2D eigenvalue weighted by molar-refractivity contribution is 0.0257. The highest BCUT2D eigenvalue weighted by Crippen LogP contribution is 2.18. The fourth-order valence-electron chi connectivity index (χ4n) is 1.98. The van der Waals surface area contributed by atoms with Gasteiger partial charge in [-0.05, 0) is 12.1 Å². The second-order valence-corrected chi connectivity index (χ2v) is 4.12. The molecule has 4 nitrogen and oxygen atoms in total. The van der Waals surface area contributed by atoms with Crippen LogP contribution in [0.4, 0.5) is 4.39 Å². The Labute approximate surface area is 97.8 Å². The summed E-state index contributed by atoms with van der Waals surface area (Å²) < 4.78 is 24.0. The van der Waals surface area contributed by atoms with Gasteiger partial charge in [0.15, 0.2) is 11.5 Å². The SMILES string of the molecule is Fc1ccc2nc(CC3CNCCO3)oc2c1. The van der Waals surface area contributed by atoms with Crippen molar-refractivity contribution >= 4 is 11.1 Å². The second kappa shape index (κ2) is 4.43. The van der Waals surface area contributed by atoms with Gasteiger partial charge in [0.05, 0.1) is 19.1 Å². The van der Waals surface area contributed by atoms with Gasteiger partial charge in [0.25, 0.3) is 0 Å². The van der Waals surface area contributed by atoms with E-state index >= 15 is 0 Å². The Morgan fingerprint density at radius 3 is 3.24 bits per heavy atom. The van der Waals surface area contributed by atoms with E-state index in [0.717, 1.165) is 13.1 Å². The van der Waals surface area contributed by atoms with Crippen LogP contribution < -0.4 is 5.32 Å². The molecule has 1 aromatic heterocycles. The number of nitrogens with one attached hydrogen (secondary N) is 1. The van der Waals surface area contributed by atoms with Crippen LogP contribution in [0.1, 0.15) is 5.89 Å². The third-order valence-corrected chi connectivity index (χ3v) is 2.80. The average Bonchev–Trinajstić information content (AvgIpc) is 2.71. The van der Waals surface area contributed by atoms with Crippen LogP contribution in [0.2, 0.25) is 0 Å². The van der Waals surface area contributed by atoms with Crippen molar-refractivity contribution in [3.8, 4) is 0 Å². The predicted molar refractivity (Wildman–Crippen MR) is 60.3 cm³/mol. The number of hydrogen-bond donors (Lipinski definition) is 1. The van der Waals surface area contributed by atoms with Crippen molar-refractivity contribution in [3.63, 3.8) is 0 Å². The monoisotopic (exact) mass is 236 g/mol. The van der Waals surface area contributed by atoms with Gasteiger partial charge in [-0.2, -0.15) is 0 Å². The highest BCUT2D eigenvalue weighted by molar-refractivity contribution is 5.72. The Hall–Kier alpha value is -1.46. The molecule has 0 radical (unpaired) electrons. The highest BCUT2D eigenvalue weighted by atomic mass is 19.1. The molecule has 2 aromatic rings. The number of hydrogen-bond acceptors (Lipinski definition) is 4. The summed E-state index contributed by atoms with van der Waals surface area (Å²) in [4.78, 5) is 4.31. The molecule has 17 heavy (non-hydrogen) atoms. The molecule has 1 aromatic carbocycles. The fourth-order valence-corrected chi connectivity index (χ4v) is 1.98. The quantitative estimate of drug-likeness (QED) is 0.858. The normalized spacial score (nSPS) is 20.9. The van der Waals surface area contributed by atoms with E-state index in [-0.39, 0.29) is 11.9 Å². The topological polar surface area (TPSA) is 47.3 Å². The lowest BCUT2D eigenvalue weighted by atomic mass is 10.2. The van der Waals surface area contributed by atoms with Crippen LogP contribution in [0.5, 0.6) is 0 Å². The molecule has 0 amide bonds. The number of rotatable bonds is 2. The first-order chi connectivity index (χ1) is 8.31. The lowest BCUT2D eigenvalue weighted by Gasteiger charge is -2.22.